The Labute approximate surface area is 41.7 Å². The van der Waals surface area contributed by atoms with Crippen LogP contribution in [0.5, 0.6) is 0 Å². The molecule has 5 heteroatoms. The maximum absolute atomic E-state index is 7.85. The first-order valence-electron chi connectivity index (χ1n) is 1.09. The number of halogens is 1. The van der Waals surface area contributed by atoms with Crippen molar-refractivity contribution in [2.24, 2.45) is 17.2 Å². The molecule has 0 aromatic rings. The van der Waals surface area contributed by atoms with Gasteiger partial charge in [0.2, 0.25) is 5.97 Å². The molecular weight excluding hydrogens is 105 g/mol. The van der Waals surface area contributed by atoms with Crippen molar-refractivity contribution in [3.8, 4) is 0 Å². The summed E-state index contributed by atoms with van der Waals surface area (Å²) in [7, 11) is 0. The molecule has 0 rings (SSSR count). The third-order valence-electron chi connectivity index (χ3n) is 0. The van der Waals surface area contributed by atoms with Crippen LogP contribution >= 0.6 is 12.4 Å². The van der Waals surface area contributed by atoms with E-state index in [0.29, 0.717) is 0 Å². The summed E-state index contributed by atoms with van der Waals surface area (Å²) in [4.78, 5) is 0. The first-order valence-corrected chi connectivity index (χ1v) is 1.09. The Morgan fingerprint density at radius 2 is 1.17 bits per heavy atom. The third-order valence-corrected chi connectivity index (χ3v) is 0. The first kappa shape index (κ1) is 9.46. The summed E-state index contributed by atoms with van der Waals surface area (Å²) >= 11 is 0. The monoisotopic (exact) mass is 113 g/mol. The number of nitrogens with two attached hydrogens (primary N) is 3. The lowest BCUT2D eigenvalue weighted by Gasteiger charge is -2.05. The van der Waals surface area contributed by atoms with Crippen LogP contribution < -0.4 is 17.2 Å². The van der Waals surface area contributed by atoms with Crippen molar-refractivity contribution >= 4 is 12.4 Å². The minimum Gasteiger partial charge on any atom is -0.351 e. The average molecular weight is 114 g/mol. The van der Waals surface area contributed by atoms with Gasteiger partial charge in [-0.3, -0.25) is 17.2 Å². The number of aliphatic hydroxyl groups is 1. The van der Waals surface area contributed by atoms with Crippen LogP contribution in [-0.4, -0.2) is 11.1 Å². The van der Waals surface area contributed by atoms with E-state index in [4.69, 9.17) is 5.11 Å². The van der Waals surface area contributed by atoms with Crippen LogP contribution in [0.2, 0.25) is 0 Å². The lowest BCUT2D eigenvalue weighted by Crippen LogP contribution is -2.57. The van der Waals surface area contributed by atoms with Crippen LogP contribution in [-0.2, 0) is 0 Å². The van der Waals surface area contributed by atoms with Gasteiger partial charge in [-0.2, -0.15) is 0 Å². The van der Waals surface area contributed by atoms with Gasteiger partial charge >= 0.3 is 0 Å². The van der Waals surface area contributed by atoms with Crippen LogP contribution in [0, 0.1) is 0 Å². The minimum atomic E-state index is -2.00. The molecule has 7 N–H and O–H groups in total. The van der Waals surface area contributed by atoms with E-state index in [1.807, 2.05) is 0 Å². The normalized spacial score (nSPS) is 10.0. The van der Waals surface area contributed by atoms with Crippen molar-refractivity contribution < 1.29 is 5.11 Å². The summed E-state index contributed by atoms with van der Waals surface area (Å²) in [5, 5.41) is 7.85. The molecule has 0 saturated heterocycles. The molecule has 0 unspecified atom stereocenters. The van der Waals surface area contributed by atoms with E-state index >= 15 is 0 Å². The number of hydrogen-bond acceptors (Lipinski definition) is 4. The average Bonchev–Trinajstić information content (AvgIpc) is 0.722. The van der Waals surface area contributed by atoms with Crippen molar-refractivity contribution in [3.05, 3.63) is 0 Å². The summed E-state index contributed by atoms with van der Waals surface area (Å²) in [5.74, 6) is -2.00. The standard InChI is InChI=1S/CH7N3O.ClH/c2-1(3,4)5;/h5H,2-4H2;1H. The van der Waals surface area contributed by atoms with Gasteiger partial charge in [0.05, 0.1) is 0 Å². The summed E-state index contributed by atoms with van der Waals surface area (Å²) in [6, 6.07) is 0. The fourth-order valence-electron chi connectivity index (χ4n) is 0. The van der Waals surface area contributed by atoms with Crippen LogP contribution in [0.1, 0.15) is 0 Å². The van der Waals surface area contributed by atoms with Gasteiger partial charge in [0.1, 0.15) is 0 Å². The zero-order chi connectivity index (χ0) is 4.50. The number of rotatable bonds is 0. The molecule has 6 heavy (non-hydrogen) atoms. The minimum absolute atomic E-state index is 0. The van der Waals surface area contributed by atoms with E-state index in [0.717, 1.165) is 0 Å². The van der Waals surface area contributed by atoms with Gasteiger partial charge in [0, 0.05) is 0 Å². The molecular formula is CH8ClN3O. The second kappa shape index (κ2) is 2.33. The van der Waals surface area contributed by atoms with Crippen molar-refractivity contribution in [3.63, 3.8) is 0 Å². The van der Waals surface area contributed by atoms with Crippen molar-refractivity contribution in [1.82, 2.24) is 0 Å². The van der Waals surface area contributed by atoms with Crippen LogP contribution in [0.3, 0.4) is 0 Å². The molecule has 0 aliphatic carbocycles. The van der Waals surface area contributed by atoms with Gasteiger partial charge in [-0.1, -0.05) is 0 Å². The Balaban J connectivity index is 0. The van der Waals surface area contributed by atoms with Gasteiger partial charge in [0.15, 0.2) is 0 Å². The third kappa shape index (κ3) is 2390. The van der Waals surface area contributed by atoms with E-state index in [-0.39, 0.29) is 12.4 Å². The molecule has 40 valence electrons. The van der Waals surface area contributed by atoms with E-state index in [1.54, 1.807) is 0 Å². The second-order valence-electron chi connectivity index (χ2n) is 0.887. The Morgan fingerprint density at radius 1 is 1.17 bits per heavy atom. The van der Waals surface area contributed by atoms with Crippen LogP contribution in [0.15, 0.2) is 0 Å². The van der Waals surface area contributed by atoms with Crippen LogP contribution in [0.25, 0.3) is 0 Å². The Hall–Kier alpha value is 0.130. The van der Waals surface area contributed by atoms with Crippen LogP contribution in [0.4, 0.5) is 0 Å². The Morgan fingerprint density at radius 3 is 1.17 bits per heavy atom. The lowest BCUT2D eigenvalue weighted by molar-refractivity contribution is 0.0612. The summed E-state index contributed by atoms with van der Waals surface area (Å²) in [6.07, 6.45) is 0. The molecule has 0 aromatic heterocycles. The van der Waals surface area contributed by atoms with E-state index in [1.165, 1.54) is 0 Å². The quantitative estimate of drug-likeness (QED) is 0.270. The largest absolute Gasteiger partial charge is 0.351 e. The number of hydrogen-bond donors (Lipinski definition) is 4. The van der Waals surface area contributed by atoms with Crippen molar-refractivity contribution in [1.29, 1.82) is 0 Å². The SMILES string of the molecule is Cl.NC(N)(N)O. The van der Waals surface area contributed by atoms with E-state index < -0.39 is 5.97 Å². The van der Waals surface area contributed by atoms with Crippen molar-refractivity contribution in [2.75, 3.05) is 0 Å². The Kier molecular flexibility index (Phi) is 3.67. The van der Waals surface area contributed by atoms with E-state index in [2.05, 4.69) is 17.2 Å². The molecule has 4 nitrogen and oxygen atoms in total. The zero-order valence-corrected chi connectivity index (χ0v) is 3.90. The Bertz CT molecular complexity index is 26.3. The molecule has 0 heterocycles. The van der Waals surface area contributed by atoms with Gasteiger partial charge in [-0.25, -0.2) is 0 Å². The molecule has 0 aromatic carbocycles. The van der Waals surface area contributed by atoms with E-state index in [9.17, 15) is 0 Å². The highest BCUT2D eigenvalue weighted by atomic mass is 35.5. The highest BCUT2D eigenvalue weighted by Crippen LogP contribution is 1.53. The van der Waals surface area contributed by atoms with Gasteiger partial charge < -0.3 is 5.11 Å². The summed E-state index contributed by atoms with van der Waals surface area (Å²) in [6.45, 7) is 0. The van der Waals surface area contributed by atoms with Gasteiger partial charge in [0.25, 0.3) is 0 Å². The highest BCUT2D eigenvalue weighted by Gasteiger charge is 1.98. The topological polar surface area (TPSA) is 98.3 Å². The van der Waals surface area contributed by atoms with Crippen molar-refractivity contribution in [2.45, 2.75) is 5.97 Å². The zero-order valence-electron chi connectivity index (χ0n) is 3.09. The fraction of sp³-hybridized carbons (Fsp3) is 1.00. The predicted octanol–water partition coefficient (Wildman–Crippen LogP) is -2.11. The molecule has 0 radical (unpaired) electrons. The molecule has 0 fully saturated rings. The highest BCUT2D eigenvalue weighted by molar-refractivity contribution is 5.85. The molecule has 0 aliphatic heterocycles. The fourth-order valence-corrected chi connectivity index (χ4v) is 0. The maximum atomic E-state index is 7.85. The molecule has 0 spiro atoms. The first-order chi connectivity index (χ1) is 2.00. The van der Waals surface area contributed by atoms with Gasteiger partial charge in [-0.15, -0.1) is 12.4 Å². The molecule has 0 bridgehead atoms. The summed E-state index contributed by atoms with van der Waals surface area (Å²) in [5.41, 5.74) is 13.4. The maximum Gasteiger partial charge on any atom is 0.225 e. The summed E-state index contributed by atoms with van der Waals surface area (Å²) < 4.78 is 0. The predicted molar refractivity (Wildman–Crippen MR) is 24.8 cm³/mol. The molecule has 0 aliphatic rings. The second-order valence-corrected chi connectivity index (χ2v) is 0.887. The lowest BCUT2D eigenvalue weighted by atomic mass is 10.9. The molecule has 0 saturated carbocycles. The molecule has 0 amide bonds. The van der Waals surface area contributed by atoms with Gasteiger partial charge in [-0.05, 0) is 0 Å². The smallest absolute Gasteiger partial charge is 0.225 e. The molecule has 0 atom stereocenters.